The Bertz CT molecular complexity index is 613. The van der Waals surface area contributed by atoms with Crippen LogP contribution in [0.1, 0.15) is 0 Å². The molecule has 0 aliphatic rings. The lowest BCUT2D eigenvalue weighted by Gasteiger charge is -1.95. The molecule has 3 rings (SSSR count). The Morgan fingerprint density at radius 2 is 2.00 bits per heavy atom. The summed E-state index contributed by atoms with van der Waals surface area (Å²) < 4.78 is 2.00. The molecule has 0 bridgehead atoms. The molecule has 0 radical (unpaired) electrons. The summed E-state index contributed by atoms with van der Waals surface area (Å²) in [6.45, 7) is 0. The zero-order valence-corrected chi connectivity index (χ0v) is 8.07. The van der Waals surface area contributed by atoms with Gasteiger partial charge in [0.1, 0.15) is 5.65 Å². The van der Waals surface area contributed by atoms with Crippen LogP contribution < -0.4 is 0 Å². The summed E-state index contributed by atoms with van der Waals surface area (Å²) in [4.78, 5) is 4.45. The largest absolute Gasteiger partial charge is 0.298 e. The molecule has 0 N–H and O–H groups in total. The highest BCUT2D eigenvalue weighted by Gasteiger charge is 2.05. The van der Waals surface area contributed by atoms with E-state index in [1.54, 1.807) is 0 Å². The van der Waals surface area contributed by atoms with Crippen LogP contribution in [0.4, 0.5) is 0 Å². The number of hydrogen-bond acceptors (Lipinski definition) is 1. The average Bonchev–Trinajstić information content (AvgIpc) is 2.57. The van der Waals surface area contributed by atoms with E-state index in [9.17, 15) is 0 Å². The van der Waals surface area contributed by atoms with E-state index in [1.807, 2.05) is 47.0 Å². The Labute approximate surface area is 85.8 Å². The molecule has 2 aromatic heterocycles. The Hall–Kier alpha value is -1.54. The Balaban J connectivity index is 2.65. The molecule has 3 heteroatoms. The quantitative estimate of drug-likeness (QED) is 0.548. The van der Waals surface area contributed by atoms with E-state index in [4.69, 9.17) is 11.6 Å². The van der Waals surface area contributed by atoms with E-state index < -0.39 is 0 Å². The van der Waals surface area contributed by atoms with Crippen molar-refractivity contribution in [3.63, 3.8) is 0 Å². The highest BCUT2D eigenvalue weighted by molar-refractivity contribution is 6.35. The number of halogens is 1. The van der Waals surface area contributed by atoms with Gasteiger partial charge >= 0.3 is 0 Å². The van der Waals surface area contributed by atoms with Crippen molar-refractivity contribution in [3.05, 3.63) is 47.6 Å². The van der Waals surface area contributed by atoms with Crippen molar-refractivity contribution in [2.24, 2.45) is 0 Å². The average molecular weight is 203 g/mol. The van der Waals surface area contributed by atoms with Crippen molar-refractivity contribution in [3.8, 4) is 0 Å². The molecule has 0 spiro atoms. The third-order valence-corrected chi connectivity index (χ3v) is 2.58. The number of para-hydroxylation sites is 1. The van der Waals surface area contributed by atoms with Crippen molar-refractivity contribution in [1.29, 1.82) is 0 Å². The molecular weight excluding hydrogens is 196 g/mol. The van der Waals surface area contributed by atoms with Crippen LogP contribution >= 0.6 is 11.6 Å². The molecule has 0 unspecified atom stereocenters. The zero-order chi connectivity index (χ0) is 9.54. The summed E-state index contributed by atoms with van der Waals surface area (Å²) in [5.74, 6) is 0. The molecule has 1 aromatic carbocycles. The standard InChI is InChI=1S/C11H7ClN2/c12-8-4-3-5-9-11(8)14-7-2-1-6-10(14)13-9/h1-7H. The van der Waals surface area contributed by atoms with Crippen LogP contribution in [-0.4, -0.2) is 9.38 Å². The minimum absolute atomic E-state index is 0.737. The van der Waals surface area contributed by atoms with Gasteiger partial charge in [0.2, 0.25) is 0 Å². The Morgan fingerprint density at radius 3 is 2.93 bits per heavy atom. The number of fused-ring (bicyclic) bond motifs is 3. The molecule has 3 aromatic rings. The van der Waals surface area contributed by atoms with Gasteiger partial charge in [0.25, 0.3) is 0 Å². The van der Waals surface area contributed by atoms with Gasteiger partial charge in [-0.25, -0.2) is 4.98 Å². The molecule has 0 aliphatic heterocycles. The lowest BCUT2D eigenvalue weighted by molar-refractivity contribution is 1.23. The van der Waals surface area contributed by atoms with Crippen LogP contribution in [0.5, 0.6) is 0 Å². The summed E-state index contributed by atoms with van der Waals surface area (Å²) in [6.07, 6.45) is 1.97. The maximum atomic E-state index is 6.12. The second kappa shape index (κ2) is 2.72. The minimum atomic E-state index is 0.737. The third kappa shape index (κ3) is 0.946. The number of hydrogen-bond donors (Lipinski definition) is 0. The first-order valence-electron chi connectivity index (χ1n) is 4.37. The van der Waals surface area contributed by atoms with E-state index >= 15 is 0 Å². The van der Waals surface area contributed by atoms with E-state index in [2.05, 4.69) is 4.98 Å². The van der Waals surface area contributed by atoms with Crippen LogP contribution in [0, 0.1) is 0 Å². The van der Waals surface area contributed by atoms with Gasteiger partial charge in [-0.05, 0) is 24.3 Å². The monoisotopic (exact) mass is 202 g/mol. The fourth-order valence-electron chi connectivity index (χ4n) is 1.67. The molecule has 14 heavy (non-hydrogen) atoms. The van der Waals surface area contributed by atoms with Gasteiger partial charge in [-0.15, -0.1) is 0 Å². The number of benzene rings is 1. The van der Waals surface area contributed by atoms with Gasteiger partial charge in [0.05, 0.1) is 16.1 Å². The third-order valence-electron chi connectivity index (χ3n) is 2.28. The number of imidazole rings is 1. The van der Waals surface area contributed by atoms with Crippen LogP contribution in [0.2, 0.25) is 5.02 Å². The van der Waals surface area contributed by atoms with Gasteiger partial charge in [-0.1, -0.05) is 23.7 Å². The lowest BCUT2D eigenvalue weighted by Crippen LogP contribution is -1.81. The van der Waals surface area contributed by atoms with Crippen LogP contribution in [-0.2, 0) is 0 Å². The summed E-state index contributed by atoms with van der Waals surface area (Å²) in [5.41, 5.74) is 2.84. The van der Waals surface area contributed by atoms with Crippen LogP contribution in [0.3, 0.4) is 0 Å². The highest BCUT2D eigenvalue weighted by atomic mass is 35.5. The molecule has 0 aliphatic carbocycles. The fraction of sp³-hybridized carbons (Fsp3) is 0. The van der Waals surface area contributed by atoms with Gasteiger partial charge in [0.15, 0.2) is 0 Å². The van der Waals surface area contributed by atoms with Crippen LogP contribution in [0.15, 0.2) is 42.6 Å². The lowest BCUT2D eigenvalue weighted by atomic mass is 10.3. The van der Waals surface area contributed by atoms with Gasteiger partial charge in [-0.2, -0.15) is 0 Å². The second-order valence-electron chi connectivity index (χ2n) is 3.15. The normalized spacial score (nSPS) is 11.2. The molecule has 2 heterocycles. The van der Waals surface area contributed by atoms with Crippen LogP contribution in [0.25, 0.3) is 16.7 Å². The van der Waals surface area contributed by atoms with Crippen molar-refractivity contribution in [2.75, 3.05) is 0 Å². The highest BCUT2D eigenvalue weighted by Crippen LogP contribution is 2.23. The van der Waals surface area contributed by atoms with Crippen molar-refractivity contribution in [2.45, 2.75) is 0 Å². The molecule has 0 atom stereocenters. The predicted octanol–water partition coefficient (Wildman–Crippen LogP) is 3.14. The van der Waals surface area contributed by atoms with Crippen molar-refractivity contribution in [1.82, 2.24) is 9.38 Å². The van der Waals surface area contributed by atoms with E-state index in [-0.39, 0.29) is 0 Å². The molecule has 2 nitrogen and oxygen atoms in total. The van der Waals surface area contributed by atoms with E-state index in [0.717, 1.165) is 21.7 Å². The predicted molar refractivity (Wildman–Crippen MR) is 57.7 cm³/mol. The summed E-state index contributed by atoms with van der Waals surface area (Å²) in [7, 11) is 0. The summed E-state index contributed by atoms with van der Waals surface area (Å²) >= 11 is 6.12. The van der Waals surface area contributed by atoms with E-state index in [1.165, 1.54) is 0 Å². The number of pyridine rings is 1. The number of aromatic nitrogens is 2. The molecule has 68 valence electrons. The molecule has 0 fully saturated rings. The Morgan fingerprint density at radius 1 is 1.07 bits per heavy atom. The topological polar surface area (TPSA) is 17.3 Å². The van der Waals surface area contributed by atoms with Gasteiger partial charge in [-0.3, -0.25) is 4.40 Å². The van der Waals surface area contributed by atoms with Crippen molar-refractivity contribution < 1.29 is 0 Å². The number of rotatable bonds is 0. The molecule has 0 amide bonds. The number of nitrogens with zero attached hydrogens (tertiary/aromatic N) is 2. The second-order valence-corrected chi connectivity index (χ2v) is 3.56. The minimum Gasteiger partial charge on any atom is -0.298 e. The van der Waals surface area contributed by atoms with Gasteiger partial charge < -0.3 is 0 Å². The maximum absolute atomic E-state index is 6.12. The molecule has 0 saturated carbocycles. The summed E-state index contributed by atoms with van der Waals surface area (Å²) in [6, 6.07) is 11.7. The fourth-order valence-corrected chi connectivity index (χ4v) is 1.93. The molecule has 0 saturated heterocycles. The van der Waals surface area contributed by atoms with Gasteiger partial charge in [0, 0.05) is 6.20 Å². The first-order chi connectivity index (χ1) is 6.86. The summed E-state index contributed by atoms with van der Waals surface area (Å²) in [5, 5.41) is 0.737. The first-order valence-corrected chi connectivity index (χ1v) is 4.75. The SMILES string of the molecule is Clc1cccc2nc3ccccn3c12. The van der Waals surface area contributed by atoms with E-state index in [0.29, 0.717) is 0 Å². The molecular formula is C11H7ClN2. The Kier molecular flexibility index (Phi) is 1.52. The first kappa shape index (κ1) is 7.83. The maximum Gasteiger partial charge on any atom is 0.137 e. The smallest absolute Gasteiger partial charge is 0.137 e. The zero-order valence-electron chi connectivity index (χ0n) is 7.31. The van der Waals surface area contributed by atoms with Crippen molar-refractivity contribution >= 4 is 28.3 Å².